The first-order valence-corrected chi connectivity index (χ1v) is 9.43. The molecule has 148 valence electrons. The van der Waals surface area contributed by atoms with Crippen molar-refractivity contribution in [1.29, 1.82) is 0 Å². The van der Waals surface area contributed by atoms with Gasteiger partial charge in [-0.05, 0) is 30.5 Å². The maximum atomic E-state index is 12.3. The number of carbonyl (C=O) groups excluding carboxylic acids is 2. The second kappa shape index (κ2) is 8.75. The first kappa shape index (κ1) is 20.4. The topological polar surface area (TPSA) is 90.4 Å². The number of hydrogen-bond acceptors (Lipinski definition) is 7. The van der Waals surface area contributed by atoms with Crippen molar-refractivity contribution in [3.8, 4) is 0 Å². The number of benzene rings is 1. The van der Waals surface area contributed by atoms with Crippen molar-refractivity contribution in [2.24, 2.45) is 0 Å². The van der Waals surface area contributed by atoms with Crippen molar-refractivity contribution < 1.29 is 19.1 Å². The second-order valence-electron chi connectivity index (χ2n) is 6.41. The van der Waals surface area contributed by atoms with Gasteiger partial charge in [0.1, 0.15) is 22.7 Å². The molecule has 0 radical (unpaired) electrons. The Labute approximate surface area is 172 Å². The third-order valence-corrected chi connectivity index (χ3v) is 4.95. The smallest absolute Gasteiger partial charge is 0.358 e. The zero-order valence-corrected chi connectivity index (χ0v) is 16.9. The molecule has 1 aromatic carbocycles. The molecule has 0 amide bonds. The highest BCUT2D eigenvalue weighted by atomic mass is 35.5. The van der Waals surface area contributed by atoms with Crippen LogP contribution in [0.4, 0.5) is 5.82 Å². The third-order valence-electron chi connectivity index (χ3n) is 4.34. The number of halogens is 2. The van der Waals surface area contributed by atoms with E-state index in [4.69, 9.17) is 32.7 Å². The van der Waals surface area contributed by atoms with Crippen molar-refractivity contribution in [1.82, 2.24) is 9.97 Å². The van der Waals surface area contributed by atoms with E-state index in [1.807, 2.05) is 12.1 Å². The first-order chi connectivity index (χ1) is 13.4. The molecule has 28 heavy (non-hydrogen) atoms. The van der Waals surface area contributed by atoms with Gasteiger partial charge in [-0.3, -0.25) is 0 Å². The van der Waals surface area contributed by atoms with Crippen LogP contribution in [0.15, 0.2) is 24.3 Å². The summed E-state index contributed by atoms with van der Waals surface area (Å²) in [6.07, 6.45) is 2.19. The van der Waals surface area contributed by atoms with E-state index in [1.54, 1.807) is 12.1 Å². The zero-order valence-electron chi connectivity index (χ0n) is 15.4. The molecule has 1 N–H and O–H groups in total. The van der Waals surface area contributed by atoms with Gasteiger partial charge in [0, 0.05) is 17.4 Å². The van der Waals surface area contributed by atoms with Crippen LogP contribution in [0.5, 0.6) is 0 Å². The van der Waals surface area contributed by atoms with Crippen LogP contribution in [-0.2, 0) is 20.7 Å². The van der Waals surface area contributed by atoms with Crippen LogP contribution in [0.25, 0.3) is 0 Å². The molecule has 0 aliphatic heterocycles. The Balaban J connectivity index is 1.92. The van der Waals surface area contributed by atoms with E-state index in [0.29, 0.717) is 17.3 Å². The van der Waals surface area contributed by atoms with Crippen LogP contribution >= 0.6 is 23.2 Å². The summed E-state index contributed by atoms with van der Waals surface area (Å²) in [4.78, 5) is 33.0. The summed E-state index contributed by atoms with van der Waals surface area (Å²) in [7, 11) is 2.55. The van der Waals surface area contributed by atoms with Crippen LogP contribution in [0.1, 0.15) is 40.6 Å². The lowest BCUT2D eigenvalue weighted by atomic mass is 10.1. The molecule has 2 aromatic rings. The summed E-state index contributed by atoms with van der Waals surface area (Å²) in [5.41, 5.74) is 0.840. The number of carbonyl (C=O) groups is 2. The quantitative estimate of drug-likeness (QED) is 0.679. The molecule has 1 aliphatic rings. The molecule has 1 aliphatic carbocycles. The molecule has 1 aromatic heterocycles. The maximum absolute atomic E-state index is 12.3. The SMILES string of the molecule is COC(=O)c1nc(C2CC2)nc(N[C@@H](Cc2ccc(Cl)cc2)C(=O)OC)c1Cl. The van der Waals surface area contributed by atoms with Crippen molar-refractivity contribution in [2.75, 3.05) is 19.5 Å². The molecular weight excluding hydrogens is 405 g/mol. The highest BCUT2D eigenvalue weighted by Crippen LogP contribution is 2.40. The van der Waals surface area contributed by atoms with Gasteiger partial charge in [0.25, 0.3) is 0 Å². The van der Waals surface area contributed by atoms with E-state index in [-0.39, 0.29) is 22.5 Å². The number of esters is 2. The normalized spacial score (nSPS) is 14.3. The highest BCUT2D eigenvalue weighted by Gasteiger charge is 2.31. The van der Waals surface area contributed by atoms with Gasteiger partial charge in [0.15, 0.2) is 5.69 Å². The molecule has 7 nitrogen and oxygen atoms in total. The van der Waals surface area contributed by atoms with Crippen LogP contribution in [-0.4, -0.2) is 42.2 Å². The number of hydrogen-bond donors (Lipinski definition) is 1. The number of rotatable bonds is 7. The summed E-state index contributed by atoms with van der Waals surface area (Å²) < 4.78 is 9.67. The average molecular weight is 424 g/mol. The Kier molecular flexibility index (Phi) is 6.36. The summed E-state index contributed by atoms with van der Waals surface area (Å²) in [5, 5.41) is 3.61. The van der Waals surface area contributed by atoms with Gasteiger partial charge in [0.2, 0.25) is 0 Å². The van der Waals surface area contributed by atoms with E-state index >= 15 is 0 Å². The van der Waals surface area contributed by atoms with Gasteiger partial charge < -0.3 is 14.8 Å². The Hall–Kier alpha value is -2.38. The molecule has 1 atom stereocenters. The fourth-order valence-electron chi connectivity index (χ4n) is 2.67. The summed E-state index contributed by atoms with van der Waals surface area (Å²) in [6.45, 7) is 0. The van der Waals surface area contributed by atoms with Gasteiger partial charge >= 0.3 is 11.9 Å². The Morgan fingerprint density at radius 3 is 2.39 bits per heavy atom. The number of ether oxygens (including phenoxy) is 2. The Morgan fingerprint density at radius 1 is 1.14 bits per heavy atom. The summed E-state index contributed by atoms with van der Waals surface area (Å²) in [5.74, 6) is -0.276. The van der Waals surface area contributed by atoms with Gasteiger partial charge in [-0.2, -0.15) is 0 Å². The standard InChI is InChI=1S/C19H19Cl2N3O4/c1-27-18(25)13(9-10-3-7-12(20)8-4-10)22-17-14(21)15(19(26)28-2)23-16(24-17)11-5-6-11/h3-4,7-8,11,13H,5-6,9H2,1-2H3,(H,22,23,24)/t13-/m0/s1. The van der Waals surface area contributed by atoms with Gasteiger partial charge in [-0.25, -0.2) is 19.6 Å². The van der Waals surface area contributed by atoms with Gasteiger partial charge in [-0.15, -0.1) is 0 Å². The lowest BCUT2D eigenvalue weighted by Crippen LogP contribution is -2.33. The maximum Gasteiger partial charge on any atom is 0.358 e. The van der Waals surface area contributed by atoms with E-state index in [2.05, 4.69) is 15.3 Å². The second-order valence-corrected chi connectivity index (χ2v) is 7.22. The van der Waals surface area contributed by atoms with Gasteiger partial charge in [0.05, 0.1) is 14.2 Å². The first-order valence-electron chi connectivity index (χ1n) is 8.67. The van der Waals surface area contributed by atoms with E-state index in [0.717, 1.165) is 18.4 Å². The fourth-order valence-corrected chi connectivity index (χ4v) is 3.02. The molecule has 1 fully saturated rings. The lowest BCUT2D eigenvalue weighted by molar-refractivity contribution is -0.141. The lowest BCUT2D eigenvalue weighted by Gasteiger charge is -2.19. The molecule has 0 bridgehead atoms. The zero-order chi connectivity index (χ0) is 20.3. The van der Waals surface area contributed by atoms with E-state index in [9.17, 15) is 9.59 Å². The van der Waals surface area contributed by atoms with Crippen molar-refractivity contribution in [2.45, 2.75) is 31.2 Å². The van der Waals surface area contributed by atoms with E-state index < -0.39 is 18.0 Å². The number of anilines is 1. The van der Waals surface area contributed by atoms with E-state index in [1.165, 1.54) is 14.2 Å². The average Bonchev–Trinajstić information content (AvgIpc) is 3.54. The highest BCUT2D eigenvalue weighted by molar-refractivity contribution is 6.35. The van der Waals surface area contributed by atoms with Crippen LogP contribution in [0.3, 0.4) is 0 Å². The predicted octanol–water partition coefficient (Wildman–Crippen LogP) is 3.64. The monoisotopic (exact) mass is 423 g/mol. The van der Waals surface area contributed by atoms with Crippen molar-refractivity contribution in [3.05, 3.63) is 51.4 Å². The summed E-state index contributed by atoms with van der Waals surface area (Å²) >= 11 is 12.3. The minimum Gasteiger partial charge on any atom is -0.467 e. The summed E-state index contributed by atoms with van der Waals surface area (Å²) in [6, 6.07) is 6.34. The molecule has 0 unspecified atom stereocenters. The molecule has 9 heteroatoms. The molecule has 1 heterocycles. The third kappa shape index (κ3) is 4.72. The van der Waals surface area contributed by atoms with Crippen molar-refractivity contribution in [3.63, 3.8) is 0 Å². The minimum atomic E-state index is -0.767. The number of aromatic nitrogens is 2. The molecular formula is C19H19Cl2N3O4. The Morgan fingerprint density at radius 2 is 1.82 bits per heavy atom. The van der Waals surface area contributed by atoms with Crippen molar-refractivity contribution >= 4 is 41.0 Å². The predicted molar refractivity (Wildman–Crippen MR) is 105 cm³/mol. The number of nitrogens with one attached hydrogen (secondary N) is 1. The molecule has 3 rings (SSSR count). The molecule has 0 saturated heterocycles. The minimum absolute atomic E-state index is 0.00117. The molecule has 1 saturated carbocycles. The fraction of sp³-hybridized carbons (Fsp3) is 0.368. The molecule has 0 spiro atoms. The van der Waals surface area contributed by atoms with Crippen LogP contribution < -0.4 is 5.32 Å². The number of nitrogens with zero attached hydrogens (tertiary/aromatic N) is 2. The number of methoxy groups -OCH3 is 2. The van der Waals surface area contributed by atoms with Crippen LogP contribution in [0, 0.1) is 0 Å². The largest absolute Gasteiger partial charge is 0.467 e. The Bertz CT molecular complexity index is 885. The van der Waals surface area contributed by atoms with Crippen LogP contribution in [0.2, 0.25) is 10.0 Å². The van der Waals surface area contributed by atoms with Gasteiger partial charge in [-0.1, -0.05) is 35.3 Å².